The summed E-state index contributed by atoms with van der Waals surface area (Å²) < 4.78 is 10.7. The number of aromatic amines is 1. The van der Waals surface area contributed by atoms with Gasteiger partial charge in [0.25, 0.3) is 5.91 Å². The zero-order valence-corrected chi connectivity index (χ0v) is 17.8. The Balaban J connectivity index is 1.69. The molecule has 0 spiro atoms. The number of methoxy groups -OCH3 is 1. The maximum Gasteiger partial charge on any atom is 0.328 e. The number of hydrogen-bond donors (Lipinski definition) is 2. The average Bonchev–Trinajstić information content (AvgIpc) is 3.14. The van der Waals surface area contributed by atoms with E-state index in [-0.39, 0.29) is 18.4 Å². The second kappa shape index (κ2) is 9.48. The third kappa shape index (κ3) is 5.00. The number of aromatic nitrogens is 1. The molecule has 1 aromatic heterocycles. The zero-order valence-electron chi connectivity index (χ0n) is 17.8. The molecule has 3 rings (SSSR count). The van der Waals surface area contributed by atoms with E-state index in [0.717, 1.165) is 27.6 Å². The van der Waals surface area contributed by atoms with Crippen LogP contribution in [0.3, 0.4) is 0 Å². The Morgan fingerprint density at radius 3 is 2.63 bits per heavy atom. The Hall–Kier alpha value is -3.28. The van der Waals surface area contributed by atoms with E-state index in [4.69, 9.17) is 9.47 Å². The van der Waals surface area contributed by atoms with Crippen molar-refractivity contribution >= 4 is 22.8 Å². The first-order chi connectivity index (χ1) is 14.4. The van der Waals surface area contributed by atoms with Crippen LogP contribution in [0, 0.1) is 6.92 Å². The fourth-order valence-electron chi connectivity index (χ4n) is 3.48. The quantitative estimate of drug-likeness (QED) is 0.555. The fourth-order valence-corrected chi connectivity index (χ4v) is 3.48. The minimum absolute atomic E-state index is 0.176. The van der Waals surface area contributed by atoms with Gasteiger partial charge in [-0.1, -0.05) is 44.2 Å². The first kappa shape index (κ1) is 21.4. The molecule has 0 saturated heterocycles. The number of carbonyl (C=O) groups is 2. The molecule has 30 heavy (non-hydrogen) atoms. The molecule has 0 saturated carbocycles. The first-order valence-electron chi connectivity index (χ1n) is 10.0. The summed E-state index contributed by atoms with van der Waals surface area (Å²) in [5.41, 5.74) is 4.01. The number of fused-ring (bicyclic) bond motifs is 1. The Bertz CT molecular complexity index is 1040. The molecule has 2 aromatic carbocycles. The largest absolute Gasteiger partial charge is 0.483 e. The molecule has 0 fully saturated rings. The second-order valence-electron chi connectivity index (χ2n) is 7.69. The molecule has 6 heteroatoms. The maximum absolute atomic E-state index is 12.6. The van der Waals surface area contributed by atoms with Crippen LogP contribution in [0.2, 0.25) is 0 Å². The predicted molar refractivity (Wildman–Crippen MR) is 117 cm³/mol. The van der Waals surface area contributed by atoms with Gasteiger partial charge in [0, 0.05) is 23.5 Å². The molecule has 0 aliphatic rings. The maximum atomic E-state index is 12.6. The van der Waals surface area contributed by atoms with E-state index in [1.807, 2.05) is 55.6 Å². The lowest BCUT2D eigenvalue weighted by Gasteiger charge is -2.18. The van der Waals surface area contributed by atoms with Gasteiger partial charge in [-0.2, -0.15) is 0 Å². The number of benzene rings is 2. The molecule has 158 valence electrons. The SMILES string of the molecule is COC(=O)C(Cc1c[nH]c2ccccc12)NC(=O)COc1cc(C)ccc1C(C)C. The van der Waals surface area contributed by atoms with Crippen LogP contribution in [0.25, 0.3) is 10.9 Å². The minimum atomic E-state index is -0.799. The van der Waals surface area contributed by atoms with Gasteiger partial charge in [0.2, 0.25) is 0 Å². The van der Waals surface area contributed by atoms with Crippen LogP contribution in [0.15, 0.2) is 48.7 Å². The van der Waals surface area contributed by atoms with Crippen molar-refractivity contribution in [2.75, 3.05) is 13.7 Å². The molecule has 2 N–H and O–H groups in total. The lowest BCUT2D eigenvalue weighted by Crippen LogP contribution is -2.44. The number of esters is 1. The van der Waals surface area contributed by atoms with E-state index in [2.05, 4.69) is 24.1 Å². The van der Waals surface area contributed by atoms with E-state index < -0.39 is 12.0 Å². The van der Waals surface area contributed by atoms with Gasteiger partial charge in [-0.3, -0.25) is 4.79 Å². The van der Waals surface area contributed by atoms with Crippen LogP contribution in [-0.4, -0.2) is 36.6 Å². The number of H-pyrrole nitrogens is 1. The van der Waals surface area contributed by atoms with Crippen molar-refractivity contribution < 1.29 is 19.1 Å². The number of amides is 1. The van der Waals surface area contributed by atoms with Crippen molar-refractivity contribution in [3.63, 3.8) is 0 Å². The molecule has 3 aromatic rings. The van der Waals surface area contributed by atoms with Crippen LogP contribution >= 0.6 is 0 Å². The van der Waals surface area contributed by atoms with Crippen LogP contribution in [0.5, 0.6) is 5.75 Å². The van der Waals surface area contributed by atoms with Gasteiger partial charge in [0.1, 0.15) is 11.8 Å². The summed E-state index contributed by atoms with van der Waals surface area (Å²) in [5.74, 6) is 0.0910. The third-order valence-electron chi connectivity index (χ3n) is 5.07. The van der Waals surface area contributed by atoms with Crippen LogP contribution in [0.1, 0.15) is 36.5 Å². The normalized spacial score (nSPS) is 12.0. The van der Waals surface area contributed by atoms with Gasteiger partial charge >= 0.3 is 5.97 Å². The van der Waals surface area contributed by atoms with E-state index in [0.29, 0.717) is 12.2 Å². The van der Waals surface area contributed by atoms with E-state index in [1.54, 1.807) is 0 Å². The van der Waals surface area contributed by atoms with E-state index >= 15 is 0 Å². The molecule has 0 aliphatic carbocycles. The van der Waals surface area contributed by atoms with E-state index in [9.17, 15) is 9.59 Å². The number of carbonyl (C=O) groups excluding carboxylic acids is 2. The van der Waals surface area contributed by atoms with Crippen molar-refractivity contribution in [2.24, 2.45) is 0 Å². The van der Waals surface area contributed by atoms with Crippen LogP contribution in [0.4, 0.5) is 0 Å². The first-order valence-corrected chi connectivity index (χ1v) is 10.0. The second-order valence-corrected chi connectivity index (χ2v) is 7.69. The van der Waals surface area contributed by atoms with Crippen molar-refractivity contribution in [1.82, 2.24) is 10.3 Å². The number of hydrogen-bond acceptors (Lipinski definition) is 4. The van der Waals surface area contributed by atoms with Gasteiger partial charge in [0.15, 0.2) is 6.61 Å². The number of nitrogens with one attached hydrogen (secondary N) is 2. The predicted octanol–water partition coefficient (Wildman–Crippen LogP) is 3.88. The minimum Gasteiger partial charge on any atom is -0.483 e. The Kier molecular flexibility index (Phi) is 6.77. The third-order valence-corrected chi connectivity index (χ3v) is 5.07. The lowest BCUT2D eigenvalue weighted by molar-refractivity contribution is -0.145. The molecule has 6 nitrogen and oxygen atoms in total. The van der Waals surface area contributed by atoms with Crippen molar-refractivity contribution in [3.05, 3.63) is 65.4 Å². The van der Waals surface area contributed by atoms with Crippen LogP contribution < -0.4 is 10.1 Å². The monoisotopic (exact) mass is 408 g/mol. The summed E-state index contributed by atoms with van der Waals surface area (Å²) in [6.07, 6.45) is 2.18. The molecular weight excluding hydrogens is 380 g/mol. The van der Waals surface area contributed by atoms with Crippen molar-refractivity contribution in [2.45, 2.75) is 39.2 Å². The van der Waals surface area contributed by atoms with Crippen LogP contribution in [-0.2, 0) is 20.7 Å². The molecule has 1 amide bonds. The number of para-hydroxylation sites is 1. The highest BCUT2D eigenvalue weighted by atomic mass is 16.5. The van der Waals surface area contributed by atoms with Gasteiger partial charge in [-0.25, -0.2) is 4.79 Å². The number of aryl methyl sites for hydroxylation is 1. The molecule has 0 aliphatic heterocycles. The number of rotatable bonds is 8. The smallest absolute Gasteiger partial charge is 0.328 e. The van der Waals surface area contributed by atoms with Gasteiger partial charge in [-0.05, 0) is 41.7 Å². The average molecular weight is 408 g/mol. The standard InChI is InChI=1S/C24H28N2O4/c1-15(2)18-10-9-16(3)11-22(18)30-14-23(27)26-21(24(28)29-4)12-17-13-25-20-8-6-5-7-19(17)20/h5-11,13,15,21,25H,12,14H2,1-4H3,(H,26,27). The molecular formula is C24H28N2O4. The van der Waals surface area contributed by atoms with Crippen molar-refractivity contribution in [1.29, 1.82) is 0 Å². The summed E-state index contributed by atoms with van der Waals surface area (Å²) in [6, 6.07) is 13.0. The Morgan fingerprint density at radius 2 is 1.90 bits per heavy atom. The summed E-state index contributed by atoms with van der Waals surface area (Å²) in [4.78, 5) is 28.0. The fraction of sp³-hybridized carbons (Fsp3) is 0.333. The highest BCUT2D eigenvalue weighted by Gasteiger charge is 2.23. The highest BCUT2D eigenvalue weighted by Crippen LogP contribution is 2.27. The lowest BCUT2D eigenvalue weighted by atomic mass is 10.0. The Labute approximate surface area is 176 Å². The summed E-state index contributed by atoms with van der Waals surface area (Å²) >= 11 is 0. The van der Waals surface area contributed by atoms with Gasteiger partial charge in [0.05, 0.1) is 7.11 Å². The van der Waals surface area contributed by atoms with Gasteiger partial charge in [-0.15, -0.1) is 0 Å². The molecule has 0 bridgehead atoms. The summed E-state index contributed by atoms with van der Waals surface area (Å²) in [7, 11) is 1.31. The van der Waals surface area contributed by atoms with E-state index in [1.165, 1.54) is 7.11 Å². The zero-order chi connectivity index (χ0) is 21.7. The molecule has 1 unspecified atom stereocenters. The summed E-state index contributed by atoms with van der Waals surface area (Å²) in [5, 5.41) is 3.76. The van der Waals surface area contributed by atoms with Gasteiger partial charge < -0.3 is 19.8 Å². The van der Waals surface area contributed by atoms with Crippen molar-refractivity contribution in [3.8, 4) is 5.75 Å². The number of ether oxygens (including phenoxy) is 2. The summed E-state index contributed by atoms with van der Waals surface area (Å²) in [6.45, 7) is 5.95. The Morgan fingerprint density at radius 1 is 1.13 bits per heavy atom. The molecule has 1 atom stereocenters. The topological polar surface area (TPSA) is 80.4 Å². The molecule has 1 heterocycles. The highest BCUT2D eigenvalue weighted by molar-refractivity contribution is 5.87. The molecule has 0 radical (unpaired) electrons.